The Morgan fingerprint density at radius 2 is 1.82 bits per heavy atom. The Kier molecular flexibility index (Phi) is 6.46. The van der Waals surface area contributed by atoms with Crippen LogP contribution in [0.4, 0.5) is 0 Å². The summed E-state index contributed by atoms with van der Waals surface area (Å²) in [5.74, 6) is 4.48. The van der Waals surface area contributed by atoms with Gasteiger partial charge >= 0.3 is 0 Å². The zero-order chi connectivity index (χ0) is 16.8. The van der Waals surface area contributed by atoms with E-state index >= 15 is 0 Å². The summed E-state index contributed by atoms with van der Waals surface area (Å²) in [5, 5.41) is 0. The van der Waals surface area contributed by atoms with Crippen molar-refractivity contribution in [1.29, 1.82) is 0 Å². The fourth-order valence-corrected chi connectivity index (χ4v) is 2.92. The normalized spacial score (nSPS) is 14.0. The summed E-state index contributed by atoms with van der Waals surface area (Å²) in [5.41, 5.74) is 4.50. The van der Waals surface area contributed by atoms with Crippen molar-refractivity contribution < 1.29 is 4.74 Å². The lowest BCUT2D eigenvalue weighted by Crippen LogP contribution is -2.40. The highest BCUT2D eigenvalue weighted by Gasteiger charge is 2.32. The summed E-state index contributed by atoms with van der Waals surface area (Å²) >= 11 is 0. The molecule has 0 radical (unpaired) electrons. The molecule has 0 aliphatic rings. The molecule has 0 saturated carbocycles. The van der Waals surface area contributed by atoms with E-state index in [2.05, 4.69) is 68.8 Å². The van der Waals surface area contributed by atoms with Crippen LogP contribution < -0.4 is 4.74 Å². The van der Waals surface area contributed by atoms with Crippen LogP contribution in [-0.4, -0.2) is 34.2 Å². The molecule has 1 aromatic rings. The standard InChI is InChI=1S/C19H29NOSi/c1-8-9-14-19(20(2)3,15-16-22(5,6)7)17-10-12-18(21-4)13-11-17/h8,10-13H,1,9,14H2,2-7H3. The van der Waals surface area contributed by atoms with Crippen molar-refractivity contribution >= 4 is 8.07 Å². The lowest BCUT2D eigenvalue weighted by Gasteiger charge is -2.36. The smallest absolute Gasteiger partial charge is 0.129 e. The molecule has 0 spiro atoms. The molecule has 0 bridgehead atoms. The number of allylic oxidation sites excluding steroid dienone is 1. The zero-order valence-corrected chi connectivity index (χ0v) is 15.9. The number of nitrogens with zero attached hydrogens (tertiary/aromatic N) is 1. The van der Waals surface area contributed by atoms with E-state index in [0.29, 0.717) is 0 Å². The molecule has 1 unspecified atom stereocenters. The molecule has 0 aliphatic carbocycles. The van der Waals surface area contributed by atoms with Crippen molar-refractivity contribution in [2.75, 3.05) is 21.2 Å². The second-order valence-electron chi connectivity index (χ2n) is 6.81. The number of ether oxygens (including phenoxy) is 1. The van der Waals surface area contributed by atoms with E-state index in [9.17, 15) is 0 Å². The van der Waals surface area contributed by atoms with Gasteiger partial charge < -0.3 is 4.74 Å². The highest BCUT2D eigenvalue weighted by molar-refractivity contribution is 6.83. The van der Waals surface area contributed by atoms with Gasteiger partial charge in [0.25, 0.3) is 0 Å². The molecule has 0 aliphatic heterocycles. The number of hydrogen-bond acceptors (Lipinski definition) is 2. The lowest BCUT2D eigenvalue weighted by molar-refractivity contribution is 0.208. The molecule has 1 rings (SSSR count). The molecule has 0 aromatic heterocycles. The van der Waals surface area contributed by atoms with Gasteiger partial charge in [0.1, 0.15) is 19.4 Å². The molecule has 0 fully saturated rings. The summed E-state index contributed by atoms with van der Waals surface area (Å²) < 4.78 is 5.28. The summed E-state index contributed by atoms with van der Waals surface area (Å²) in [4.78, 5) is 2.23. The second kappa shape index (κ2) is 7.67. The van der Waals surface area contributed by atoms with Crippen LogP contribution in [0.5, 0.6) is 5.75 Å². The van der Waals surface area contributed by atoms with Crippen molar-refractivity contribution in [3.05, 3.63) is 42.5 Å². The number of hydrogen-bond donors (Lipinski definition) is 0. The van der Waals surface area contributed by atoms with E-state index in [1.807, 2.05) is 18.2 Å². The largest absolute Gasteiger partial charge is 0.497 e. The maximum absolute atomic E-state index is 5.28. The van der Waals surface area contributed by atoms with E-state index in [1.165, 1.54) is 5.56 Å². The minimum atomic E-state index is -1.44. The highest BCUT2D eigenvalue weighted by atomic mass is 28.3. The van der Waals surface area contributed by atoms with Crippen LogP contribution in [-0.2, 0) is 5.54 Å². The van der Waals surface area contributed by atoms with Crippen LogP contribution >= 0.6 is 0 Å². The molecule has 2 nitrogen and oxygen atoms in total. The van der Waals surface area contributed by atoms with Crippen LogP contribution in [0, 0.1) is 11.5 Å². The third-order valence-corrected chi connectivity index (χ3v) is 4.56. The highest BCUT2D eigenvalue weighted by Crippen LogP contribution is 2.32. The molecule has 22 heavy (non-hydrogen) atoms. The van der Waals surface area contributed by atoms with Crippen LogP contribution in [0.2, 0.25) is 19.6 Å². The Morgan fingerprint density at radius 1 is 1.23 bits per heavy atom. The number of methoxy groups -OCH3 is 1. The molecule has 3 heteroatoms. The molecule has 0 saturated heterocycles. The van der Waals surface area contributed by atoms with Crippen LogP contribution in [0.15, 0.2) is 36.9 Å². The first-order valence-corrected chi connectivity index (χ1v) is 11.2. The fourth-order valence-electron chi connectivity index (χ4n) is 2.34. The van der Waals surface area contributed by atoms with Crippen molar-refractivity contribution in [3.8, 4) is 17.2 Å². The average Bonchev–Trinajstić information content (AvgIpc) is 2.46. The molecule has 0 N–H and O–H groups in total. The Morgan fingerprint density at radius 3 is 2.23 bits per heavy atom. The van der Waals surface area contributed by atoms with Crippen LogP contribution in [0.25, 0.3) is 0 Å². The van der Waals surface area contributed by atoms with Gasteiger partial charge in [-0.25, -0.2) is 0 Å². The van der Waals surface area contributed by atoms with Gasteiger partial charge in [0.2, 0.25) is 0 Å². The van der Waals surface area contributed by atoms with E-state index in [0.717, 1.165) is 18.6 Å². The first-order valence-electron chi connectivity index (χ1n) is 7.72. The molecule has 1 aromatic carbocycles. The predicted molar refractivity (Wildman–Crippen MR) is 98.9 cm³/mol. The minimum Gasteiger partial charge on any atom is -0.497 e. The summed E-state index contributed by atoms with van der Waals surface area (Å²) in [6, 6.07) is 8.27. The van der Waals surface area contributed by atoms with Gasteiger partial charge in [-0.15, -0.1) is 12.1 Å². The molecule has 1 atom stereocenters. The maximum Gasteiger partial charge on any atom is 0.129 e. The third kappa shape index (κ3) is 4.76. The van der Waals surface area contributed by atoms with Gasteiger partial charge in [0.05, 0.1) is 7.11 Å². The van der Waals surface area contributed by atoms with Crippen molar-refractivity contribution in [2.24, 2.45) is 0 Å². The molecule has 0 heterocycles. The summed E-state index contributed by atoms with van der Waals surface area (Å²) in [7, 11) is 4.46. The van der Waals surface area contributed by atoms with Crippen LogP contribution in [0.3, 0.4) is 0 Å². The number of benzene rings is 1. The number of rotatable bonds is 6. The first kappa shape index (κ1) is 18.5. The SMILES string of the molecule is C=CCCC(C#C[Si](C)(C)C)(c1ccc(OC)cc1)N(C)C. The van der Waals surface area contributed by atoms with Crippen molar-refractivity contribution in [1.82, 2.24) is 4.90 Å². The lowest BCUT2D eigenvalue weighted by atomic mass is 9.85. The van der Waals surface area contributed by atoms with Gasteiger partial charge in [-0.1, -0.05) is 43.8 Å². The molecule has 120 valence electrons. The Hall–Kier alpha value is -1.50. The van der Waals surface area contributed by atoms with Crippen molar-refractivity contribution in [2.45, 2.75) is 38.0 Å². The summed E-state index contributed by atoms with van der Waals surface area (Å²) in [6.07, 6.45) is 3.84. The first-order chi connectivity index (χ1) is 10.2. The third-order valence-electron chi connectivity index (χ3n) is 3.69. The van der Waals surface area contributed by atoms with Gasteiger partial charge in [-0.05, 0) is 44.6 Å². The van der Waals surface area contributed by atoms with E-state index in [-0.39, 0.29) is 5.54 Å². The predicted octanol–water partition coefficient (Wildman–Crippen LogP) is 4.30. The van der Waals surface area contributed by atoms with Gasteiger partial charge in [0, 0.05) is 0 Å². The van der Waals surface area contributed by atoms with Gasteiger partial charge in [0.15, 0.2) is 0 Å². The van der Waals surface area contributed by atoms with E-state index < -0.39 is 8.07 Å². The molecular weight excluding hydrogens is 286 g/mol. The minimum absolute atomic E-state index is 0.277. The second-order valence-corrected chi connectivity index (χ2v) is 11.6. The average molecular weight is 316 g/mol. The van der Waals surface area contributed by atoms with Gasteiger partial charge in [-0.3, -0.25) is 4.90 Å². The van der Waals surface area contributed by atoms with E-state index in [4.69, 9.17) is 4.74 Å². The Labute approximate surface area is 137 Å². The summed E-state index contributed by atoms with van der Waals surface area (Å²) in [6.45, 7) is 10.7. The van der Waals surface area contributed by atoms with Crippen molar-refractivity contribution in [3.63, 3.8) is 0 Å². The molecule has 0 amide bonds. The Balaban J connectivity index is 3.38. The van der Waals surface area contributed by atoms with Gasteiger partial charge in [-0.2, -0.15) is 0 Å². The monoisotopic (exact) mass is 315 g/mol. The quantitative estimate of drug-likeness (QED) is 0.441. The molecular formula is C19H29NOSi. The Bertz CT molecular complexity index is 546. The fraction of sp³-hybridized carbons (Fsp3) is 0.474. The topological polar surface area (TPSA) is 12.5 Å². The maximum atomic E-state index is 5.28. The van der Waals surface area contributed by atoms with E-state index in [1.54, 1.807) is 7.11 Å². The van der Waals surface area contributed by atoms with Crippen LogP contribution in [0.1, 0.15) is 18.4 Å². The zero-order valence-electron chi connectivity index (χ0n) is 14.9.